The molecule has 0 N–H and O–H groups in total. The highest BCUT2D eigenvalue weighted by Gasteiger charge is 2.27. The smallest absolute Gasteiger partial charge is 0.265 e. The lowest BCUT2D eigenvalue weighted by Crippen LogP contribution is -2.35. The molecule has 1 heterocycles. The lowest BCUT2D eigenvalue weighted by atomic mass is 10.2. The van der Waals surface area contributed by atoms with Gasteiger partial charge in [-0.25, -0.2) is 8.42 Å². The van der Waals surface area contributed by atoms with E-state index in [4.69, 9.17) is 10.1 Å². The number of rotatable bonds is 2. The maximum Gasteiger partial charge on any atom is 0.265 e. The summed E-state index contributed by atoms with van der Waals surface area (Å²) in [6.07, 6.45) is 1.68. The summed E-state index contributed by atoms with van der Waals surface area (Å²) in [4.78, 5) is 5.29. The van der Waals surface area contributed by atoms with Crippen LogP contribution in [-0.2, 0) is 14.9 Å². The van der Waals surface area contributed by atoms with E-state index in [0.29, 0.717) is 18.7 Å². The first-order valence-corrected chi connectivity index (χ1v) is 6.74. The Morgan fingerprint density at radius 2 is 1.94 bits per heavy atom. The Balaban J connectivity index is 2.27. The molecule has 0 unspecified atom stereocenters. The highest BCUT2D eigenvalue weighted by Crippen LogP contribution is 2.19. The Kier molecular flexibility index (Phi) is 3.43. The number of hydroxylamine groups is 1. The Labute approximate surface area is 100 Å². The van der Waals surface area contributed by atoms with Crippen molar-refractivity contribution in [1.82, 2.24) is 4.47 Å². The summed E-state index contributed by atoms with van der Waals surface area (Å²) < 4.78 is 25.2. The van der Waals surface area contributed by atoms with Crippen molar-refractivity contribution in [1.29, 1.82) is 5.26 Å². The predicted octanol–water partition coefficient (Wildman–Crippen LogP) is 1.27. The van der Waals surface area contributed by atoms with Gasteiger partial charge < -0.3 is 0 Å². The lowest BCUT2D eigenvalue weighted by Gasteiger charge is -2.25. The van der Waals surface area contributed by atoms with Crippen molar-refractivity contribution in [3.8, 4) is 6.07 Å². The average molecular weight is 252 g/mol. The summed E-state index contributed by atoms with van der Waals surface area (Å²) in [5, 5.41) is 8.65. The number of benzene rings is 1. The highest BCUT2D eigenvalue weighted by atomic mass is 32.2. The molecular weight excluding hydrogens is 240 g/mol. The standard InChI is InChI=1S/C11H12N2O3S/c12-9-10-3-5-11(6-4-10)17(14,15)13-7-1-2-8-16-13/h3-6H,1-2,7-8H2. The molecule has 1 saturated heterocycles. The molecule has 0 spiro atoms. The van der Waals surface area contributed by atoms with Crippen molar-refractivity contribution in [2.45, 2.75) is 17.7 Å². The van der Waals surface area contributed by atoms with Crippen LogP contribution < -0.4 is 0 Å². The molecule has 0 aromatic heterocycles. The third-order valence-corrected chi connectivity index (χ3v) is 4.21. The fraction of sp³-hybridized carbons (Fsp3) is 0.364. The number of nitrogens with zero attached hydrogens (tertiary/aromatic N) is 2. The third-order valence-electron chi connectivity index (χ3n) is 2.52. The minimum atomic E-state index is -3.59. The van der Waals surface area contributed by atoms with E-state index in [-0.39, 0.29) is 4.90 Å². The number of hydrogen-bond acceptors (Lipinski definition) is 4. The molecule has 0 atom stereocenters. The molecule has 0 aliphatic carbocycles. The van der Waals surface area contributed by atoms with Gasteiger partial charge in [0.2, 0.25) is 0 Å². The minimum Gasteiger partial charge on any atom is -0.284 e. The van der Waals surface area contributed by atoms with Crippen LogP contribution in [-0.4, -0.2) is 26.0 Å². The summed E-state index contributed by atoms with van der Waals surface area (Å²) in [5.74, 6) is 0. The summed E-state index contributed by atoms with van der Waals surface area (Å²) in [5.41, 5.74) is 0.434. The topological polar surface area (TPSA) is 70.4 Å². The van der Waals surface area contributed by atoms with Crippen LogP contribution in [0, 0.1) is 11.3 Å². The second kappa shape index (κ2) is 4.84. The van der Waals surface area contributed by atoms with E-state index >= 15 is 0 Å². The number of hydrogen-bond donors (Lipinski definition) is 0. The average Bonchev–Trinajstić information content (AvgIpc) is 2.40. The van der Waals surface area contributed by atoms with Crippen LogP contribution in [0.5, 0.6) is 0 Å². The zero-order valence-corrected chi connectivity index (χ0v) is 9.98. The Bertz CT molecular complexity index is 525. The normalized spacial score (nSPS) is 17.6. The molecule has 1 aliphatic heterocycles. The molecule has 0 saturated carbocycles. The van der Waals surface area contributed by atoms with E-state index in [9.17, 15) is 8.42 Å². The van der Waals surface area contributed by atoms with Crippen LogP contribution in [0.1, 0.15) is 18.4 Å². The molecule has 1 fully saturated rings. The Morgan fingerprint density at radius 1 is 1.24 bits per heavy atom. The van der Waals surface area contributed by atoms with Crippen molar-refractivity contribution in [3.05, 3.63) is 29.8 Å². The van der Waals surface area contributed by atoms with Crippen LogP contribution in [0.25, 0.3) is 0 Å². The molecule has 0 radical (unpaired) electrons. The molecule has 6 heteroatoms. The third kappa shape index (κ3) is 2.47. The molecule has 2 rings (SSSR count). The first-order valence-electron chi connectivity index (χ1n) is 5.30. The van der Waals surface area contributed by atoms with E-state index in [0.717, 1.165) is 17.3 Å². The fourth-order valence-electron chi connectivity index (χ4n) is 1.58. The first-order chi connectivity index (χ1) is 8.14. The Morgan fingerprint density at radius 3 is 2.47 bits per heavy atom. The van der Waals surface area contributed by atoms with E-state index < -0.39 is 10.0 Å². The fourth-order valence-corrected chi connectivity index (χ4v) is 2.88. The van der Waals surface area contributed by atoms with Crippen LogP contribution in [0.15, 0.2) is 29.2 Å². The van der Waals surface area contributed by atoms with Gasteiger partial charge in [-0.3, -0.25) is 4.84 Å². The van der Waals surface area contributed by atoms with Crippen LogP contribution >= 0.6 is 0 Å². The summed E-state index contributed by atoms with van der Waals surface area (Å²) in [6.45, 7) is 0.803. The quantitative estimate of drug-likeness (QED) is 0.794. The van der Waals surface area contributed by atoms with Gasteiger partial charge in [0.1, 0.15) is 0 Å². The van der Waals surface area contributed by atoms with E-state index in [1.807, 2.05) is 6.07 Å². The van der Waals surface area contributed by atoms with Gasteiger partial charge in [0.15, 0.2) is 0 Å². The Hall–Kier alpha value is -1.42. The van der Waals surface area contributed by atoms with E-state index in [2.05, 4.69) is 0 Å². The number of sulfonamides is 1. The van der Waals surface area contributed by atoms with Crippen molar-refractivity contribution in [3.63, 3.8) is 0 Å². The zero-order chi connectivity index (χ0) is 12.3. The van der Waals surface area contributed by atoms with Gasteiger partial charge >= 0.3 is 0 Å². The van der Waals surface area contributed by atoms with Crippen molar-refractivity contribution >= 4 is 10.0 Å². The summed E-state index contributed by atoms with van der Waals surface area (Å²) in [6, 6.07) is 7.76. The molecule has 1 aliphatic rings. The van der Waals surface area contributed by atoms with Crippen molar-refractivity contribution in [2.24, 2.45) is 0 Å². The van der Waals surface area contributed by atoms with Crippen LogP contribution in [0.3, 0.4) is 0 Å². The molecule has 5 nitrogen and oxygen atoms in total. The van der Waals surface area contributed by atoms with Gasteiger partial charge in [0.05, 0.1) is 23.1 Å². The first kappa shape index (κ1) is 12.0. The van der Waals surface area contributed by atoms with E-state index in [1.54, 1.807) is 0 Å². The maximum atomic E-state index is 12.1. The maximum absolute atomic E-state index is 12.1. The lowest BCUT2D eigenvalue weighted by molar-refractivity contribution is -0.108. The van der Waals surface area contributed by atoms with Crippen molar-refractivity contribution < 1.29 is 13.3 Å². The largest absolute Gasteiger partial charge is 0.284 e. The van der Waals surface area contributed by atoms with E-state index in [1.165, 1.54) is 24.3 Å². The zero-order valence-electron chi connectivity index (χ0n) is 9.17. The monoisotopic (exact) mass is 252 g/mol. The molecule has 0 bridgehead atoms. The van der Waals surface area contributed by atoms with Crippen LogP contribution in [0.2, 0.25) is 0 Å². The van der Waals surface area contributed by atoms with Gasteiger partial charge in [0, 0.05) is 6.54 Å². The minimum absolute atomic E-state index is 0.151. The summed E-state index contributed by atoms with van der Waals surface area (Å²) >= 11 is 0. The second-order valence-electron chi connectivity index (χ2n) is 3.71. The van der Waals surface area contributed by atoms with Crippen molar-refractivity contribution in [2.75, 3.05) is 13.2 Å². The molecular formula is C11H12N2O3S. The van der Waals surface area contributed by atoms with Gasteiger partial charge in [-0.1, -0.05) is 4.47 Å². The van der Waals surface area contributed by atoms with Gasteiger partial charge in [-0.05, 0) is 37.1 Å². The molecule has 90 valence electrons. The highest BCUT2D eigenvalue weighted by molar-refractivity contribution is 7.89. The SMILES string of the molecule is N#Cc1ccc(S(=O)(=O)N2CCCCO2)cc1. The number of nitriles is 1. The molecule has 1 aromatic carbocycles. The molecule has 1 aromatic rings. The predicted molar refractivity (Wildman–Crippen MR) is 60.2 cm³/mol. The van der Waals surface area contributed by atoms with Crippen LogP contribution in [0.4, 0.5) is 0 Å². The second-order valence-corrected chi connectivity index (χ2v) is 5.54. The van der Waals surface area contributed by atoms with Gasteiger partial charge in [-0.15, -0.1) is 0 Å². The van der Waals surface area contributed by atoms with Gasteiger partial charge in [0.25, 0.3) is 10.0 Å². The van der Waals surface area contributed by atoms with Gasteiger partial charge in [-0.2, -0.15) is 5.26 Å². The molecule has 17 heavy (non-hydrogen) atoms. The summed E-state index contributed by atoms with van der Waals surface area (Å²) in [7, 11) is -3.59. The molecule has 0 amide bonds.